The first kappa shape index (κ1) is 15.0. The van der Waals surface area contributed by atoms with E-state index in [0.717, 1.165) is 0 Å². The molecule has 0 amide bonds. The van der Waals surface area contributed by atoms with E-state index in [1.807, 2.05) is 6.92 Å². The summed E-state index contributed by atoms with van der Waals surface area (Å²) in [6.07, 6.45) is 0. The molecule has 112 valence electrons. The Morgan fingerprint density at radius 2 is 1.95 bits per heavy atom. The molecule has 0 aliphatic rings. The first-order valence-electron chi connectivity index (χ1n) is 6.72. The van der Waals surface area contributed by atoms with Crippen LogP contribution in [0.3, 0.4) is 0 Å². The van der Waals surface area contributed by atoms with Crippen LogP contribution >= 0.6 is 0 Å². The molecule has 5 heteroatoms. The average Bonchev–Trinajstić information content (AvgIpc) is 2.44. The fourth-order valence-corrected chi connectivity index (χ4v) is 2.08. The van der Waals surface area contributed by atoms with Gasteiger partial charge in [0.15, 0.2) is 11.6 Å². The lowest BCUT2D eigenvalue weighted by Crippen LogP contribution is -2.07. The van der Waals surface area contributed by atoms with Crippen molar-refractivity contribution in [2.45, 2.75) is 19.9 Å². The van der Waals surface area contributed by atoms with Crippen molar-refractivity contribution in [2.24, 2.45) is 0 Å². The molecule has 0 aliphatic heterocycles. The van der Waals surface area contributed by atoms with Gasteiger partial charge in [-0.2, -0.15) is 0 Å². The number of phenolic OH excluding ortho intramolecular Hbond substituents is 2. The molecule has 2 aromatic rings. The Kier molecular flexibility index (Phi) is 4.52. The second-order valence-corrected chi connectivity index (χ2v) is 4.69. The number of hydrogen-bond donors (Lipinski definition) is 3. The topological polar surface area (TPSA) is 61.7 Å². The minimum absolute atomic E-state index is 0.0642. The lowest BCUT2D eigenvalue weighted by molar-refractivity contribution is 0.321. The number of halogens is 1. The van der Waals surface area contributed by atoms with E-state index >= 15 is 0 Å². The van der Waals surface area contributed by atoms with Crippen LogP contribution < -0.4 is 10.1 Å². The van der Waals surface area contributed by atoms with Gasteiger partial charge >= 0.3 is 0 Å². The van der Waals surface area contributed by atoms with E-state index < -0.39 is 5.82 Å². The third-order valence-corrected chi connectivity index (χ3v) is 3.09. The molecule has 2 aromatic carbocycles. The minimum atomic E-state index is -0.450. The highest BCUT2D eigenvalue weighted by molar-refractivity contribution is 5.51. The summed E-state index contributed by atoms with van der Waals surface area (Å²) in [5.74, 6) is -0.112. The Bertz CT molecular complexity index is 631. The zero-order valence-electron chi connectivity index (χ0n) is 11.9. The summed E-state index contributed by atoms with van der Waals surface area (Å²) in [4.78, 5) is 0. The zero-order chi connectivity index (χ0) is 15.4. The SMILES string of the molecule is CCOc1ccc(NC(C)c2cc(O)ccc2O)cc1F. The highest BCUT2D eigenvalue weighted by atomic mass is 19.1. The molecule has 0 bridgehead atoms. The Labute approximate surface area is 122 Å². The van der Waals surface area contributed by atoms with Gasteiger partial charge in [-0.3, -0.25) is 0 Å². The Morgan fingerprint density at radius 3 is 2.62 bits per heavy atom. The van der Waals surface area contributed by atoms with Crippen molar-refractivity contribution in [3.63, 3.8) is 0 Å². The predicted molar refractivity (Wildman–Crippen MR) is 79.4 cm³/mol. The summed E-state index contributed by atoms with van der Waals surface area (Å²) in [7, 11) is 0. The van der Waals surface area contributed by atoms with Crippen molar-refractivity contribution < 1.29 is 19.3 Å². The van der Waals surface area contributed by atoms with Crippen LogP contribution in [0, 0.1) is 5.82 Å². The van der Waals surface area contributed by atoms with Gasteiger partial charge in [0.05, 0.1) is 12.6 Å². The van der Waals surface area contributed by atoms with Gasteiger partial charge in [0.2, 0.25) is 0 Å². The Balaban J connectivity index is 2.17. The van der Waals surface area contributed by atoms with E-state index in [4.69, 9.17) is 4.74 Å². The first-order chi connectivity index (χ1) is 10.0. The van der Waals surface area contributed by atoms with E-state index in [-0.39, 0.29) is 23.3 Å². The van der Waals surface area contributed by atoms with Gasteiger partial charge in [0, 0.05) is 17.3 Å². The van der Waals surface area contributed by atoms with Crippen LogP contribution in [0.1, 0.15) is 25.5 Å². The van der Waals surface area contributed by atoms with Crippen LogP contribution in [0.25, 0.3) is 0 Å². The molecule has 3 N–H and O–H groups in total. The maximum absolute atomic E-state index is 13.8. The van der Waals surface area contributed by atoms with Crippen molar-refractivity contribution in [3.8, 4) is 17.2 Å². The van der Waals surface area contributed by atoms with Gasteiger partial charge in [-0.15, -0.1) is 0 Å². The minimum Gasteiger partial charge on any atom is -0.508 e. The normalized spacial score (nSPS) is 12.0. The van der Waals surface area contributed by atoms with Crippen LogP contribution in [0.5, 0.6) is 17.2 Å². The summed E-state index contributed by atoms with van der Waals surface area (Å²) in [5, 5.41) is 22.4. The van der Waals surface area contributed by atoms with E-state index in [1.165, 1.54) is 24.3 Å². The molecule has 0 heterocycles. The summed E-state index contributed by atoms with van der Waals surface area (Å²) < 4.78 is 18.9. The first-order valence-corrected chi connectivity index (χ1v) is 6.72. The zero-order valence-corrected chi connectivity index (χ0v) is 11.9. The van der Waals surface area contributed by atoms with Crippen LogP contribution in [-0.2, 0) is 0 Å². The van der Waals surface area contributed by atoms with E-state index in [1.54, 1.807) is 19.1 Å². The molecule has 0 fully saturated rings. The van der Waals surface area contributed by atoms with Crippen molar-refractivity contribution in [2.75, 3.05) is 11.9 Å². The van der Waals surface area contributed by atoms with Gasteiger partial charge in [-0.1, -0.05) is 0 Å². The molecule has 1 unspecified atom stereocenters. The standard InChI is InChI=1S/C16H18FNO3/c1-3-21-16-7-4-11(8-14(16)17)18-10(2)13-9-12(19)5-6-15(13)20/h4-10,18-20H,3H2,1-2H3. The number of aromatic hydroxyl groups is 2. The molecule has 0 aliphatic carbocycles. The van der Waals surface area contributed by atoms with Crippen molar-refractivity contribution in [1.29, 1.82) is 0 Å². The molecule has 0 radical (unpaired) electrons. The Morgan fingerprint density at radius 1 is 1.19 bits per heavy atom. The summed E-state index contributed by atoms with van der Waals surface area (Å²) in [5.41, 5.74) is 1.09. The van der Waals surface area contributed by atoms with Crippen molar-refractivity contribution >= 4 is 5.69 Å². The molecular formula is C16H18FNO3. The van der Waals surface area contributed by atoms with Gasteiger partial charge in [0.1, 0.15) is 11.5 Å². The molecular weight excluding hydrogens is 273 g/mol. The molecule has 0 spiro atoms. The number of ether oxygens (including phenoxy) is 1. The van der Waals surface area contributed by atoms with E-state index in [0.29, 0.717) is 17.9 Å². The van der Waals surface area contributed by atoms with E-state index in [9.17, 15) is 14.6 Å². The van der Waals surface area contributed by atoms with Crippen LogP contribution in [0.4, 0.5) is 10.1 Å². The average molecular weight is 291 g/mol. The second-order valence-electron chi connectivity index (χ2n) is 4.69. The van der Waals surface area contributed by atoms with E-state index in [2.05, 4.69) is 5.32 Å². The van der Waals surface area contributed by atoms with Gasteiger partial charge in [-0.05, 0) is 44.2 Å². The quantitative estimate of drug-likeness (QED) is 0.733. The predicted octanol–water partition coefficient (Wildman–Crippen LogP) is 3.81. The fraction of sp³-hybridized carbons (Fsp3) is 0.250. The highest BCUT2D eigenvalue weighted by Crippen LogP contribution is 2.31. The number of anilines is 1. The summed E-state index contributed by atoms with van der Waals surface area (Å²) >= 11 is 0. The molecule has 0 saturated carbocycles. The summed E-state index contributed by atoms with van der Waals surface area (Å²) in [6.45, 7) is 4.00. The molecule has 0 saturated heterocycles. The fourth-order valence-electron chi connectivity index (χ4n) is 2.08. The highest BCUT2D eigenvalue weighted by Gasteiger charge is 2.12. The maximum atomic E-state index is 13.8. The van der Waals surface area contributed by atoms with Gasteiger partial charge in [-0.25, -0.2) is 4.39 Å². The molecule has 4 nitrogen and oxygen atoms in total. The van der Waals surface area contributed by atoms with Gasteiger partial charge in [0.25, 0.3) is 0 Å². The summed E-state index contributed by atoms with van der Waals surface area (Å²) in [6, 6.07) is 8.58. The second kappa shape index (κ2) is 6.35. The number of phenols is 2. The molecule has 21 heavy (non-hydrogen) atoms. The smallest absolute Gasteiger partial charge is 0.167 e. The van der Waals surface area contributed by atoms with Crippen LogP contribution in [-0.4, -0.2) is 16.8 Å². The molecule has 2 rings (SSSR count). The van der Waals surface area contributed by atoms with Crippen LogP contribution in [0.15, 0.2) is 36.4 Å². The monoisotopic (exact) mass is 291 g/mol. The molecule has 1 atom stereocenters. The number of nitrogens with one attached hydrogen (secondary N) is 1. The number of rotatable bonds is 5. The lowest BCUT2D eigenvalue weighted by atomic mass is 10.1. The van der Waals surface area contributed by atoms with Crippen molar-refractivity contribution in [3.05, 3.63) is 47.8 Å². The largest absolute Gasteiger partial charge is 0.508 e. The Hall–Kier alpha value is -2.43. The number of hydrogen-bond acceptors (Lipinski definition) is 4. The third kappa shape index (κ3) is 3.56. The molecule has 0 aromatic heterocycles. The third-order valence-electron chi connectivity index (χ3n) is 3.09. The number of benzene rings is 2. The lowest BCUT2D eigenvalue weighted by Gasteiger charge is -2.17. The van der Waals surface area contributed by atoms with Gasteiger partial charge < -0.3 is 20.3 Å². The van der Waals surface area contributed by atoms with Crippen LogP contribution in [0.2, 0.25) is 0 Å². The van der Waals surface area contributed by atoms with Crippen molar-refractivity contribution in [1.82, 2.24) is 0 Å². The maximum Gasteiger partial charge on any atom is 0.167 e.